The average Bonchev–Trinajstić information content (AvgIpc) is 2.54. The van der Waals surface area contributed by atoms with Gasteiger partial charge < -0.3 is 15.4 Å². The molecular formula is C18H19ClN2O3. The van der Waals surface area contributed by atoms with Gasteiger partial charge in [-0.2, -0.15) is 0 Å². The number of aryl methyl sites for hydroxylation is 1. The number of methoxy groups -OCH3 is 1. The van der Waals surface area contributed by atoms with Gasteiger partial charge in [-0.15, -0.1) is 0 Å². The van der Waals surface area contributed by atoms with Crippen LogP contribution < -0.4 is 15.4 Å². The van der Waals surface area contributed by atoms with Crippen molar-refractivity contribution < 1.29 is 14.3 Å². The van der Waals surface area contributed by atoms with E-state index in [0.29, 0.717) is 35.0 Å². The molecule has 0 spiro atoms. The van der Waals surface area contributed by atoms with E-state index in [0.717, 1.165) is 5.56 Å². The van der Waals surface area contributed by atoms with Crippen LogP contribution in [0.3, 0.4) is 0 Å². The minimum Gasteiger partial charge on any atom is -0.495 e. The highest BCUT2D eigenvalue weighted by Gasteiger charge is 2.08. The number of nitrogens with one attached hydrogen (secondary N) is 2. The largest absolute Gasteiger partial charge is 0.495 e. The number of rotatable bonds is 6. The van der Waals surface area contributed by atoms with Gasteiger partial charge in [-0.05, 0) is 42.3 Å². The summed E-state index contributed by atoms with van der Waals surface area (Å²) in [4.78, 5) is 23.3. The number of benzene rings is 2. The van der Waals surface area contributed by atoms with Gasteiger partial charge in [-0.1, -0.05) is 23.7 Å². The molecule has 2 aromatic rings. The lowest BCUT2D eigenvalue weighted by Crippen LogP contribution is -2.13. The first kappa shape index (κ1) is 17.8. The van der Waals surface area contributed by atoms with Crippen LogP contribution in [0.1, 0.15) is 18.9 Å². The third-order valence-electron chi connectivity index (χ3n) is 3.35. The van der Waals surface area contributed by atoms with Crippen LogP contribution in [0.5, 0.6) is 5.75 Å². The predicted octanol–water partition coefficient (Wildman–Crippen LogP) is 3.88. The molecule has 0 aliphatic heterocycles. The van der Waals surface area contributed by atoms with Crippen molar-refractivity contribution in [3.63, 3.8) is 0 Å². The van der Waals surface area contributed by atoms with E-state index < -0.39 is 0 Å². The molecule has 0 bridgehead atoms. The van der Waals surface area contributed by atoms with Gasteiger partial charge in [0.1, 0.15) is 5.75 Å². The first-order valence-electron chi connectivity index (χ1n) is 7.48. The molecule has 5 nitrogen and oxygen atoms in total. The van der Waals surface area contributed by atoms with Crippen LogP contribution in [0.4, 0.5) is 11.4 Å². The Morgan fingerprint density at radius 2 is 1.79 bits per heavy atom. The van der Waals surface area contributed by atoms with Gasteiger partial charge in [-0.25, -0.2) is 0 Å². The van der Waals surface area contributed by atoms with Gasteiger partial charge in [0.05, 0.1) is 12.8 Å². The third kappa shape index (κ3) is 5.28. The Hall–Kier alpha value is -2.53. The van der Waals surface area contributed by atoms with E-state index in [4.69, 9.17) is 16.3 Å². The van der Waals surface area contributed by atoms with E-state index in [1.165, 1.54) is 14.0 Å². The molecule has 0 aliphatic rings. The Balaban J connectivity index is 1.97. The van der Waals surface area contributed by atoms with Gasteiger partial charge in [0.2, 0.25) is 11.8 Å². The first-order valence-corrected chi connectivity index (χ1v) is 7.85. The van der Waals surface area contributed by atoms with E-state index in [1.54, 1.807) is 30.3 Å². The molecule has 0 aromatic heterocycles. The summed E-state index contributed by atoms with van der Waals surface area (Å²) in [7, 11) is 1.52. The summed E-state index contributed by atoms with van der Waals surface area (Å²) in [5.74, 6) is 0.216. The van der Waals surface area contributed by atoms with Crippen LogP contribution >= 0.6 is 11.6 Å². The highest BCUT2D eigenvalue weighted by atomic mass is 35.5. The number of hydrogen-bond donors (Lipinski definition) is 2. The smallest absolute Gasteiger partial charge is 0.224 e. The number of anilines is 2. The molecule has 0 atom stereocenters. The Labute approximate surface area is 146 Å². The van der Waals surface area contributed by atoms with Crippen LogP contribution in [0.2, 0.25) is 5.02 Å². The van der Waals surface area contributed by atoms with Crippen molar-refractivity contribution in [2.24, 2.45) is 0 Å². The normalized spacial score (nSPS) is 10.1. The number of amides is 2. The molecular weight excluding hydrogens is 328 g/mol. The minimum absolute atomic E-state index is 0.108. The van der Waals surface area contributed by atoms with E-state index in [-0.39, 0.29) is 11.8 Å². The zero-order chi connectivity index (χ0) is 17.5. The summed E-state index contributed by atoms with van der Waals surface area (Å²) in [6, 6.07) is 12.5. The monoisotopic (exact) mass is 346 g/mol. The Morgan fingerprint density at radius 1 is 1.08 bits per heavy atom. The van der Waals surface area contributed by atoms with Gasteiger partial charge in [-0.3, -0.25) is 9.59 Å². The van der Waals surface area contributed by atoms with Crippen molar-refractivity contribution >= 4 is 34.8 Å². The standard InChI is InChI=1S/C18H19ClN2O3/c1-12(22)20-16-11-15(8-9-17(16)24-2)21-18(23)10-5-13-3-6-14(19)7-4-13/h3-4,6-9,11H,5,10H2,1-2H3,(H,20,22)(H,21,23). The van der Waals surface area contributed by atoms with Crippen LogP contribution in [-0.4, -0.2) is 18.9 Å². The quantitative estimate of drug-likeness (QED) is 0.834. The summed E-state index contributed by atoms with van der Waals surface area (Å²) in [5.41, 5.74) is 2.16. The lowest BCUT2D eigenvalue weighted by Gasteiger charge is -2.12. The molecule has 6 heteroatoms. The molecule has 2 amide bonds. The van der Waals surface area contributed by atoms with Gasteiger partial charge in [0.25, 0.3) is 0 Å². The fourth-order valence-corrected chi connectivity index (χ4v) is 2.33. The maximum Gasteiger partial charge on any atom is 0.224 e. The van der Waals surface area contributed by atoms with E-state index in [2.05, 4.69) is 10.6 Å². The maximum atomic E-state index is 12.1. The summed E-state index contributed by atoms with van der Waals surface area (Å²) >= 11 is 5.84. The highest BCUT2D eigenvalue weighted by Crippen LogP contribution is 2.28. The Kier molecular flexibility index (Phi) is 6.21. The number of carbonyl (C=O) groups excluding carboxylic acids is 2. The van der Waals surface area contributed by atoms with Crippen molar-refractivity contribution in [1.82, 2.24) is 0 Å². The molecule has 24 heavy (non-hydrogen) atoms. The number of halogens is 1. The molecule has 2 rings (SSSR count). The summed E-state index contributed by atoms with van der Waals surface area (Å²) in [6.07, 6.45) is 0.973. The van der Waals surface area contributed by atoms with E-state index in [9.17, 15) is 9.59 Å². The fourth-order valence-electron chi connectivity index (χ4n) is 2.21. The molecule has 0 saturated carbocycles. The molecule has 2 N–H and O–H groups in total. The van der Waals surface area contributed by atoms with Crippen molar-refractivity contribution in [2.45, 2.75) is 19.8 Å². The van der Waals surface area contributed by atoms with Crippen molar-refractivity contribution in [3.05, 3.63) is 53.1 Å². The molecule has 0 radical (unpaired) electrons. The van der Waals surface area contributed by atoms with Crippen molar-refractivity contribution in [1.29, 1.82) is 0 Å². The summed E-state index contributed by atoms with van der Waals surface area (Å²) in [5, 5.41) is 6.16. The number of ether oxygens (including phenoxy) is 1. The molecule has 0 unspecified atom stereocenters. The molecule has 2 aromatic carbocycles. The molecule has 0 fully saturated rings. The molecule has 126 valence electrons. The second-order valence-electron chi connectivity index (χ2n) is 5.27. The zero-order valence-electron chi connectivity index (χ0n) is 13.6. The van der Waals surface area contributed by atoms with Crippen molar-refractivity contribution in [3.8, 4) is 5.75 Å². The molecule has 0 heterocycles. The Morgan fingerprint density at radius 3 is 2.42 bits per heavy atom. The molecule has 0 aliphatic carbocycles. The van der Waals surface area contributed by atoms with Gasteiger partial charge in [0, 0.05) is 24.1 Å². The fraction of sp³-hybridized carbons (Fsp3) is 0.222. The summed E-state index contributed by atoms with van der Waals surface area (Å²) in [6.45, 7) is 1.41. The molecule has 0 saturated heterocycles. The lowest BCUT2D eigenvalue weighted by atomic mass is 10.1. The number of carbonyl (C=O) groups is 2. The van der Waals surface area contributed by atoms with Crippen LogP contribution in [-0.2, 0) is 16.0 Å². The third-order valence-corrected chi connectivity index (χ3v) is 3.60. The zero-order valence-corrected chi connectivity index (χ0v) is 14.3. The van der Waals surface area contributed by atoms with Gasteiger partial charge >= 0.3 is 0 Å². The van der Waals surface area contributed by atoms with Crippen LogP contribution in [0, 0.1) is 0 Å². The van der Waals surface area contributed by atoms with Crippen molar-refractivity contribution in [2.75, 3.05) is 17.7 Å². The SMILES string of the molecule is COc1ccc(NC(=O)CCc2ccc(Cl)cc2)cc1NC(C)=O. The predicted molar refractivity (Wildman–Crippen MR) is 95.7 cm³/mol. The first-order chi connectivity index (χ1) is 11.5. The number of hydrogen-bond acceptors (Lipinski definition) is 3. The summed E-state index contributed by atoms with van der Waals surface area (Å²) < 4.78 is 5.18. The van der Waals surface area contributed by atoms with Gasteiger partial charge in [0.15, 0.2) is 0 Å². The second kappa shape index (κ2) is 8.36. The maximum absolute atomic E-state index is 12.1. The second-order valence-corrected chi connectivity index (χ2v) is 5.71. The average molecular weight is 347 g/mol. The topological polar surface area (TPSA) is 67.4 Å². The van der Waals surface area contributed by atoms with E-state index >= 15 is 0 Å². The van der Waals surface area contributed by atoms with Crippen LogP contribution in [0.15, 0.2) is 42.5 Å². The Bertz CT molecular complexity index is 730. The van der Waals surface area contributed by atoms with E-state index in [1.807, 2.05) is 12.1 Å². The van der Waals surface area contributed by atoms with Crippen LogP contribution in [0.25, 0.3) is 0 Å². The minimum atomic E-state index is -0.209. The lowest BCUT2D eigenvalue weighted by molar-refractivity contribution is -0.116. The highest BCUT2D eigenvalue weighted by molar-refractivity contribution is 6.30.